The minimum atomic E-state index is -0.601. The first kappa shape index (κ1) is 7.72. The first-order valence-corrected chi connectivity index (χ1v) is 4.21. The monoisotopic (exact) mass is 243 g/mol. The fourth-order valence-corrected chi connectivity index (χ4v) is 1.64. The Balaban J connectivity index is 2.35. The largest absolute Gasteiger partial charge is 0.246 e. The molecule has 0 N–H and O–H groups in total. The summed E-state index contributed by atoms with van der Waals surface area (Å²) in [5.41, 5.74) is 0. The quantitative estimate of drug-likeness (QED) is 0.464. The molecule has 1 aliphatic heterocycles. The second-order valence-electron chi connectivity index (χ2n) is 2.65. The van der Waals surface area contributed by atoms with Gasteiger partial charge >= 0.3 is 0 Å². The third kappa shape index (κ3) is 2.04. The van der Waals surface area contributed by atoms with Crippen LogP contribution in [0.25, 0.3) is 0 Å². The first-order valence-electron chi connectivity index (χ1n) is 3.25. The summed E-state index contributed by atoms with van der Waals surface area (Å²) in [6, 6.07) is 0. The van der Waals surface area contributed by atoms with Gasteiger partial charge in [0.15, 0.2) is 0 Å². The van der Waals surface area contributed by atoms with Gasteiger partial charge in [0.25, 0.3) is 0 Å². The van der Waals surface area contributed by atoms with Crippen molar-refractivity contribution >= 4 is 22.9 Å². The van der Waals surface area contributed by atoms with E-state index in [1.54, 1.807) is 0 Å². The summed E-state index contributed by atoms with van der Waals surface area (Å²) < 4.78 is 14.8. The highest BCUT2D eigenvalue weighted by atomic mass is 127. The number of halogens is 2. The Morgan fingerprint density at radius 1 is 1.67 bits per heavy atom. The average molecular weight is 243 g/mol. The van der Waals surface area contributed by atoms with Crippen LogP contribution in [0.4, 0.5) is 4.39 Å². The number of piperidine rings is 1. The summed E-state index contributed by atoms with van der Waals surface area (Å²) in [5, 5.41) is 0. The normalized spacial score (nSPS) is 39.0. The topological polar surface area (TPSA) is 3.24 Å². The third-order valence-electron chi connectivity index (χ3n) is 1.82. The molecule has 0 unspecified atom stereocenters. The fourth-order valence-electron chi connectivity index (χ4n) is 0.985. The molecule has 0 aromatic heterocycles. The molecule has 0 saturated carbocycles. The molecule has 0 aromatic carbocycles. The Bertz CT molecular complexity index is 99.1. The number of nitrogens with zero attached hydrogens (tertiary/aromatic N) is 1. The fraction of sp³-hybridized carbons (Fsp3) is 1.00. The summed E-state index contributed by atoms with van der Waals surface area (Å²) in [4.78, 5) is 0. The summed E-state index contributed by atoms with van der Waals surface area (Å²) in [7, 11) is 0. The lowest BCUT2D eigenvalue weighted by Gasteiger charge is -2.28. The van der Waals surface area contributed by atoms with Crippen molar-refractivity contribution in [2.24, 2.45) is 5.92 Å². The number of hydrogen-bond acceptors (Lipinski definition) is 1. The van der Waals surface area contributed by atoms with Gasteiger partial charge in [0.1, 0.15) is 6.17 Å². The molecular weight excluding hydrogens is 232 g/mol. The van der Waals surface area contributed by atoms with E-state index >= 15 is 0 Å². The molecule has 1 nitrogen and oxygen atoms in total. The van der Waals surface area contributed by atoms with Crippen LogP contribution in [0, 0.1) is 5.92 Å². The molecule has 1 aliphatic rings. The molecule has 3 heteroatoms. The molecule has 0 bridgehead atoms. The van der Waals surface area contributed by atoms with Gasteiger partial charge in [-0.15, -0.1) is 0 Å². The SMILES string of the molecule is C[C@H]1CCN(I)C[C@@H]1F. The van der Waals surface area contributed by atoms with Gasteiger partial charge in [-0.1, -0.05) is 6.92 Å². The highest BCUT2D eigenvalue weighted by Crippen LogP contribution is 2.21. The lowest BCUT2D eigenvalue weighted by molar-refractivity contribution is 0.159. The van der Waals surface area contributed by atoms with Crippen molar-refractivity contribution in [3.05, 3.63) is 0 Å². The highest BCUT2D eigenvalue weighted by Gasteiger charge is 2.23. The van der Waals surface area contributed by atoms with Gasteiger partial charge in [-0.2, -0.15) is 0 Å². The second kappa shape index (κ2) is 3.14. The minimum Gasteiger partial charge on any atom is -0.246 e. The van der Waals surface area contributed by atoms with Crippen LogP contribution in [0.3, 0.4) is 0 Å². The van der Waals surface area contributed by atoms with Crippen LogP contribution in [0.5, 0.6) is 0 Å². The van der Waals surface area contributed by atoms with E-state index in [2.05, 4.69) is 22.9 Å². The van der Waals surface area contributed by atoms with Crippen LogP contribution in [-0.2, 0) is 0 Å². The number of alkyl halides is 1. The first-order chi connectivity index (χ1) is 4.20. The van der Waals surface area contributed by atoms with Gasteiger partial charge in [0, 0.05) is 36.0 Å². The molecule has 1 rings (SSSR count). The molecule has 1 saturated heterocycles. The summed E-state index contributed by atoms with van der Waals surface area (Å²) in [5.74, 6) is 0.274. The molecule has 0 spiro atoms. The van der Waals surface area contributed by atoms with E-state index in [-0.39, 0.29) is 5.92 Å². The predicted molar refractivity (Wildman–Crippen MR) is 44.3 cm³/mol. The minimum absolute atomic E-state index is 0.274. The average Bonchev–Trinajstić information content (AvgIpc) is 1.80. The molecule has 0 aliphatic carbocycles. The lowest BCUT2D eigenvalue weighted by Crippen LogP contribution is -2.34. The highest BCUT2D eigenvalue weighted by molar-refractivity contribution is 14.1. The van der Waals surface area contributed by atoms with Crippen molar-refractivity contribution in [1.82, 2.24) is 3.11 Å². The molecule has 9 heavy (non-hydrogen) atoms. The van der Waals surface area contributed by atoms with Crippen molar-refractivity contribution in [3.63, 3.8) is 0 Å². The van der Waals surface area contributed by atoms with Gasteiger partial charge in [-0.25, -0.2) is 7.50 Å². The zero-order valence-electron chi connectivity index (χ0n) is 5.48. The summed E-state index contributed by atoms with van der Waals surface area (Å²) in [6.45, 7) is 3.64. The third-order valence-corrected chi connectivity index (χ3v) is 2.69. The van der Waals surface area contributed by atoms with Gasteiger partial charge in [-0.3, -0.25) is 0 Å². The van der Waals surface area contributed by atoms with E-state index in [9.17, 15) is 4.39 Å². The van der Waals surface area contributed by atoms with Crippen molar-refractivity contribution in [2.45, 2.75) is 19.5 Å². The van der Waals surface area contributed by atoms with E-state index < -0.39 is 6.17 Å². The molecule has 0 aromatic rings. The molecule has 2 atom stereocenters. The maximum Gasteiger partial charge on any atom is 0.116 e. The van der Waals surface area contributed by atoms with Crippen molar-refractivity contribution < 1.29 is 4.39 Å². The van der Waals surface area contributed by atoms with Gasteiger partial charge in [0.2, 0.25) is 0 Å². The van der Waals surface area contributed by atoms with Crippen molar-refractivity contribution in [1.29, 1.82) is 0 Å². The molecular formula is C6H11FIN. The Kier molecular flexibility index (Phi) is 2.70. The van der Waals surface area contributed by atoms with E-state index in [1.807, 2.05) is 10.0 Å². The lowest BCUT2D eigenvalue weighted by atomic mass is 9.99. The van der Waals surface area contributed by atoms with E-state index in [1.165, 1.54) is 0 Å². The maximum absolute atomic E-state index is 12.8. The maximum atomic E-state index is 12.8. The number of rotatable bonds is 0. The van der Waals surface area contributed by atoms with Crippen molar-refractivity contribution in [3.8, 4) is 0 Å². The molecule has 0 radical (unpaired) electrons. The van der Waals surface area contributed by atoms with Crippen molar-refractivity contribution in [2.75, 3.05) is 13.1 Å². The zero-order valence-corrected chi connectivity index (χ0v) is 7.64. The van der Waals surface area contributed by atoms with Crippen LogP contribution >= 0.6 is 22.9 Å². The molecule has 0 amide bonds. The molecule has 1 heterocycles. The van der Waals surface area contributed by atoms with Crippen LogP contribution in [0.1, 0.15) is 13.3 Å². The van der Waals surface area contributed by atoms with E-state index in [0.29, 0.717) is 6.54 Å². The summed E-state index contributed by atoms with van der Waals surface area (Å²) >= 11 is 2.18. The van der Waals surface area contributed by atoms with E-state index in [0.717, 1.165) is 13.0 Å². The smallest absolute Gasteiger partial charge is 0.116 e. The van der Waals surface area contributed by atoms with Gasteiger partial charge in [0.05, 0.1) is 0 Å². The van der Waals surface area contributed by atoms with Crippen LogP contribution in [0.15, 0.2) is 0 Å². The molecule has 1 fully saturated rings. The summed E-state index contributed by atoms with van der Waals surface area (Å²) in [6.07, 6.45) is 0.403. The molecule has 54 valence electrons. The van der Waals surface area contributed by atoms with Crippen LogP contribution in [0.2, 0.25) is 0 Å². The van der Waals surface area contributed by atoms with Crippen LogP contribution < -0.4 is 0 Å². The number of hydrogen-bond donors (Lipinski definition) is 0. The standard InChI is InChI=1S/C6H11FIN/c1-5-2-3-9(8)4-6(5)7/h5-6H,2-4H2,1H3/t5-,6-/m0/s1. The van der Waals surface area contributed by atoms with Gasteiger partial charge in [-0.05, 0) is 12.3 Å². The Hall–Kier alpha value is 0.620. The Labute approximate surface area is 69.1 Å². The Morgan fingerprint density at radius 3 is 2.78 bits per heavy atom. The van der Waals surface area contributed by atoms with E-state index in [4.69, 9.17) is 0 Å². The van der Waals surface area contributed by atoms with Crippen LogP contribution in [-0.4, -0.2) is 22.4 Å². The zero-order chi connectivity index (χ0) is 6.85. The Morgan fingerprint density at radius 2 is 2.33 bits per heavy atom. The van der Waals surface area contributed by atoms with Gasteiger partial charge < -0.3 is 0 Å². The second-order valence-corrected chi connectivity index (χ2v) is 4.02. The predicted octanol–water partition coefficient (Wildman–Crippen LogP) is 2.02.